The molecule has 4 rings (SSSR count). The predicted octanol–water partition coefficient (Wildman–Crippen LogP) is 2.78. The molecule has 0 bridgehead atoms. The third-order valence-corrected chi connectivity index (χ3v) is 5.24. The smallest absolute Gasteiger partial charge is 0.326 e. The van der Waals surface area contributed by atoms with Gasteiger partial charge in [0.25, 0.3) is 0 Å². The number of para-hydroxylation sites is 1. The van der Waals surface area contributed by atoms with Crippen LogP contribution in [0.5, 0.6) is 5.75 Å². The summed E-state index contributed by atoms with van der Waals surface area (Å²) in [5.74, 6) is -1.59. The number of nitro groups is 1. The van der Waals surface area contributed by atoms with Gasteiger partial charge in [-0.2, -0.15) is 0 Å². The minimum atomic E-state index is -1.53. The van der Waals surface area contributed by atoms with Crippen molar-refractivity contribution in [1.29, 1.82) is 0 Å². The van der Waals surface area contributed by atoms with Crippen LogP contribution in [0, 0.1) is 15.5 Å². The van der Waals surface area contributed by atoms with E-state index in [1.54, 1.807) is 36.4 Å². The fourth-order valence-corrected chi connectivity index (χ4v) is 4.04. The lowest BCUT2D eigenvalue weighted by molar-refractivity contribution is -0.485. The van der Waals surface area contributed by atoms with E-state index in [0.717, 1.165) is 5.56 Å². The molecule has 0 aromatic heterocycles. The van der Waals surface area contributed by atoms with E-state index in [2.05, 4.69) is 0 Å². The quantitative estimate of drug-likeness (QED) is 0.276. The Balaban J connectivity index is 1.92. The molecule has 0 amide bonds. The summed E-state index contributed by atoms with van der Waals surface area (Å²) in [5.41, 5.74) is 0.338. The Morgan fingerprint density at radius 2 is 1.84 bits per heavy atom. The topological polar surface area (TPSA) is 86.5 Å². The minimum Gasteiger partial charge on any atom is -0.425 e. The van der Waals surface area contributed by atoms with Crippen molar-refractivity contribution in [3.63, 3.8) is 0 Å². The Hall–Kier alpha value is -3.02. The van der Waals surface area contributed by atoms with Crippen LogP contribution in [-0.2, 0) is 11.2 Å². The van der Waals surface area contributed by atoms with Gasteiger partial charge >= 0.3 is 5.97 Å². The normalized spacial score (nSPS) is 24.4. The molecule has 1 spiro atoms. The first-order valence-electron chi connectivity index (χ1n) is 8.10. The molecule has 6 heteroatoms. The molecule has 6 nitrogen and oxygen atoms in total. The summed E-state index contributed by atoms with van der Waals surface area (Å²) in [6.45, 7) is -0.486. The number of aryl methyl sites for hydroxylation is 1. The summed E-state index contributed by atoms with van der Waals surface area (Å²) in [7, 11) is 0. The van der Waals surface area contributed by atoms with Gasteiger partial charge in [-0.05, 0) is 24.5 Å². The van der Waals surface area contributed by atoms with Crippen molar-refractivity contribution >= 4 is 11.8 Å². The standard InChI is InChI=1S/C19H15NO5/c21-17-13-6-2-1-5-12(13)9-10-19(17)15(11-20(23)24)14-7-3-4-8-16(14)25-18(19)22/h1-8,15H,9-11H2/t15-,19+/m1/s1. The van der Waals surface area contributed by atoms with Crippen LogP contribution in [-0.4, -0.2) is 23.2 Å². The van der Waals surface area contributed by atoms with Gasteiger partial charge in [-0.1, -0.05) is 42.5 Å². The fraction of sp³-hybridized carbons (Fsp3) is 0.263. The lowest BCUT2D eigenvalue weighted by atomic mass is 9.60. The van der Waals surface area contributed by atoms with Gasteiger partial charge in [0, 0.05) is 16.1 Å². The molecule has 0 N–H and O–H groups in total. The molecule has 1 aliphatic carbocycles. The number of Topliss-reactive ketones (excluding diaryl/α,β-unsaturated/α-hetero) is 1. The maximum Gasteiger partial charge on any atom is 0.326 e. The highest BCUT2D eigenvalue weighted by atomic mass is 16.6. The lowest BCUT2D eigenvalue weighted by Crippen LogP contribution is -2.53. The average molecular weight is 337 g/mol. The first kappa shape index (κ1) is 15.5. The number of hydrogen-bond donors (Lipinski definition) is 0. The number of carbonyl (C=O) groups is 2. The molecule has 1 heterocycles. The van der Waals surface area contributed by atoms with E-state index in [-0.39, 0.29) is 12.2 Å². The molecule has 2 atom stereocenters. The van der Waals surface area contributed by atoms with Gasteiger partial charge in [-0.3, -0.25) is 19.7 Å². The Bertz CT molecular complexity index is 906. The molecule has 1 aliphatic heterocycles. The second-order valence-electron chi connectivity index (χ2n) is 6.45. The first-order chi connectivity index (χ1) is 12.0. The van der Waals surface area contributed by atoms with E-state index >= 15 is 0 Å². The Morgan fingerprint density at radius 1 is 1.12 bits per heavy atom. The molecule has 0 saturated carbocycles. The maximum atomic E-state index is 13.3. The highest BCUT2D eigenvalue weighted by Gasteiger charge is 2.60. The second-order valence-corrected chi connectivity index (χ2v) is 6.45. The molecular weight excluding hydrogens is 322 g/mol. The summed E-state index contributed by atoms with van der Waals surface area (Å²) >= 11 is 0. The van der Waals surface area contributed by atoms with Gasteiger partial charge in [0.15, 0.2) is 5.78 Å². The Labute approximate surface area is 143 Å². The van der Waals surface area contributed by atoms with E-state index in [4.69, 9.17) is 4.74 Å². The third-order valence-electron chi connectivity index (χ3n) is 5.24. The van der Waals surface area contributed by atoms with Crippen LogP contribution >= 0.6 is 0 Å². The number of fused-ring (bicyclic) bond motifs is 2. The number of esters is 1. The predicted molar refractivity (Wildman–Crippen MR) is 88.2 cm³/mol. The molecule has 2 aliphatic rings. The van der Waals surface area contributed by atoms with Crippen LogP contribution in [0.25, 0.3) is 0 Å². The third kappa shape index (κ3) is 2.17. The molecule has 0 fully saturated rings. The van der Waals surface area contributed by atoms with Crippen molar-refractivity contribution in [2.45, 2.75) is 18.8 Å². The van der Waals surface area contributed by atoms with Gasteiger partial charge in [-0.15, -0.1) is 0 Å². The highest BCUT2D eigenvalue weighted by molar-refractivity contribution is 6.16. The van der Waals surface area contributed by atoms with Crippen molar-refractivity contribution in [2.24, 2.45) is 5.41 Å². The van der Waals surface area contributed by atoms with Crippen LogP contribution in [0.2, 0.25) is 0 Å². The van der Waals surface area contributed by atoms with Crippen molar-refractivity contribution in [2.75, 3.05) is 6.54 Å². The van der Waals surface area contributed by atoms with Crippen LogP contribution in [0.4, 0.5) is 0 Å². The monoisotopic (exact) mass is 337 g/mol. The number of benzene rings is 2. The lowest BCUT2D eigenvalue weighted by Gasteiger charge is -2.42. The molecule has 0 unspecified atom stereocenters. The van der Waals surface area contributed by atoms with Crippen molar-refractivity contribution < 1.29 is 19.2 Å². The zero-order valence-electron chi connectivity index (χ0n) is 13.3. The van der Waals surface area contributed by atoms with Crippen LogP contribution in [0.15, 0.2) is 48.5 Å². The van der Waals surface area contributed by atoms with E-state index in [9.17, 15) is 19.7 Å². The van der Waals surface area contributed by atoms with E-state index in [1.807, 2.05) is 12.1 Å². The zero-order chi connectivity index (χ0) is 17.6. The van der Waals surface area contributed by atoms with E-state index in [1.165, 1.54) is 0 Å². The van der Waals surface area contributed by atoms with Crippen LogP contribution < -0.4 is 4.74 Å². The van der Waals surface area contributed by atoms with E-state index < -0.39 is 28.8 Å². The number of ketones is 1. The van der Waals surface area contributed by atoms with Crippen LogP contribution in [0.1, 0.15) is 33.8 Å². The van der Waals surface area contributed by atoms with E-state index in [0.29, 0.717) is 23.3 Å². The largest absolute Gasteiger partial charge is 0.425 e. The van der Waals surface area contributed by atoms with Gasteiger partial charge in [-0.25, -0.2) is 0 Å². The second kappa shape index (κ2) is 5.51. The summed E-state index contributed by atoms with van der Waals surface area (Å²) in [5, 5.41) is 11.3. The van der Waals surface area contributed by atoms with Gasteiger partial charge in [0.2, 0.25) is 6.54 Å². The highest BCUT2D eigenvalue weighted by Crippen LogP contribution is 2.52. The van der Waals surface area contributed by atoms with Crippen molar-refractivity contribution in [3.05, 3.63) is 75.3 Å². The first-order valence-corrected chi connectivity index (χ1v) is 8.10. The summed E-state index contributed by atoms with van der Waals surface area (Å²) in [4.78, 5) is 37.0. The Morgan fingerprint density at radius 3 is 2.64 bits per heavy atom. The maximum absolute atomic E-state index is 13.3. The number of hydrogen-bond acceptors (Lipinski definition) is 5. The molecule has 126 valence electrons. The molecule has 2 aromatic carbocycles. The summed E-state index contributed by atoms with van der Waals surface area (Å²) in [6, 6.07) is 13.8. The number of nitrogens with zero attached hydrogens (tertiary/aromatic N) is 1. The van der Waals surface area contributed by atoms with Crippen molar-refractivity contribution in [3.8, 4) is 5.75 Å². The molecule has 0 saturated heterocycles. The summed E-state index contributed by atoms with van der Waals surface area (Å²) < 4.78 is 5.44. The molecule has 0 radical (unpaired) electrons. The zero-order valence-corrected chi connectivity index (χ0v) is 13.3. The van der Waals surface area contributed by atoms with Gasteiger partial charge in [0.1, 0.15) is 11.2 Å². The van der Waals surface area contributed by atoms with Crippen LogP contribution in [0.3, 0.4) is 0 Å². The average Bonchev–Trinajstić information content (AvgIpc) is 2.61. The number of ether oxygens (including phenoxy) is 1. The molecule has 2 aromatic rings. The SMILES string of the molecule is O=C1Oc2ccccc2[C@@H](C[N+](=O)[O-])[C@]12CCc1ccccc1C2=O. The number of carbonyl (C=O) groups excluding carboxylic acids is 2. The molecule has 25 heavy (non-hydrogen) atoms. The fourth-order valence-electron chi connectivity index (χ4n) is 4.04. The molecular formula is C19H15NO5. The summed E-state index contributed by atoms with van der Waals surface area (Å²) in [6.07, 6.45) is 0.724. The number of rotatable bonds is 2. The van der Waals surface area contributed by atoms with Gasteiger partial charge in [0.05, 0.1) is 5.92 Å². The van der Waals surface area contributed by atoms with Gasteiger partial charge < -0.3 is 4.74 Å². The van der Waals surface area contributed by atoms with Crippen molar-refractivity contribution in [1.82, 2.24) is 0 Å². The minimum absolute atomic E-state index is 0.217. The Kier molecular flexibility index (Phi) is 3.42.